The summed E-state index contributed by atoms with van der Waals surface area (Å²) in [6.45, 7) is 0. The lowest BCUT2D eigenvalue weighted by molar-refractivity contribution is 0.602. The Morgan fingerprint density at radius 3 is 2.12 bits per heavy atom. The number of halogens is 1. The van der Waals surface area contributed by atoms with Crippen molar-refractivity contribution in [1.82, 2.24) is 10.2 Å². The minimum atomic E-state index is -3.30. The van der Waals surface area contributed by atoms with Gasteiger partial charge in [-0.3, -0.25) is 4.79 Å². The van der Waals surface area contributed by atoms with E-state index in [-0.39, 0.29) is 16.3 Å². The summed E-state index contributed by atoms with van der Waals surface area (Å²) in [6, 6.07) is 13.3. The van der Waals surface area contributed by atoms with Gasteiger partial charge in [0.25, 0.3) is 5.56 Å². The first-order valence-electron chi connectivity index (χ1n) is 7.01. The number of hydrogen-bond acceptors (Lipinski definition) is 4. The van der Waals surface area contributed by atoms with Crippen molar-refractivity contribution in [2.75, 3.05) is 6.26 Å². The van der Waals surface area contributed by atoms with Gasteiger partial charge in [0.05, 0.1) is 10.6 Å². The number of rotatable bonds is 3. The van der Waals surface area contributed by atoms with Crippen molar-refractivity contribution in [1.29, 1.82) is 0 Å². The van der Waals surface area contributed by atoms with E-state index in [0.29, 0.717) is 22.4 Å². The smallest absolute Gasteiger partial charge is 0.264 e. The third-order valence-electron chi connectivity index (χ3n) is 3.52. The second-order valence-electron chi connectivity index (χ2n) is 5.30. The summed E-state index contributed by atoms with van der Waals surface area (Å²) in [5.41, 5.74) is 1.89. The second-order valence-corrected chi connectivity index (χ2v) is 7.31. The largest absolute Gasteiger partial charge is 0.268 e. The number of nitrogens with zero attached hydrogens (tertiary/aromatic N) is 1. The van der Waals surface area contributed by atoms with Crippen LogP contribution in [0.1, 0.15) is 0 Å². The molecule has 1 N–H and O–H groups in total. The van der Waals surface area contributed by atoms with Gasteiger partial charge in [-0.05, 0) is 42.0 Å². The molecule has 0 fully saturated rings. The molecule has 1 heterocycles. The van der Waals surface area contributed by atoms with Crippen LogP contribution in [0.2, 0.25) is 0 Å². The monoisotopic (exact) mass is 344 g/mol. The molecule has 0 atom stereocenters. The first-order valence-corrected chi connectivity index (χ1v) is 8.90. The molecule has 5 nitrogen and oxygen atoms in total. The normalized spacial score (nSPS) is 11.4. The van der Waals surface area contributed by atoms with Crippen molar-refractivity contribution in [3.63, 3.8) is 0 Å². The molecular weight excluding hydrogens is 331 g/mol. The lowest BCUT2D eigenvalue weighted by Gasteiger charge is -2.09. The molecule has 0 bridgehead atoms. The zero-order valence-electron chi connectivity index (χ0n) is 12.7. The van der Waals surface area contributed by atoms with Gasteiger partial charge in [-0.1, -0.05) is 12.1 Å². The van der Waals surface area contributed by atoms with Crippen LogP contribution in [0.15, 0.2) is 64.3 Å². The minimum Gasteiger partial charge on any atom is -0.268 e. The van der Waals surface area contributed by atoms with E-state index in [0.717, 1.165) is 6.26 Å². The highest BCUT2D eigenvalue weighted by Gasteiger charge is 2.12. The van der Waals surface area contributed by atoms with E-state index in [4.69, 9.17) is 0 Å². The van der Waals surface area contributed by atoms with Gasteiger partial charge in [0, 0.05) is 23.4 Å². The highest BCUT2D eigenvalue weighted by Crippen LogP contribution is 2.29. The minimum absolute atomic E-state index is 0.187. The molecule has 3 aromatic rings. The number of aromatic amines is 1. The Bertz CT molecular complexity index is 1040. The Morgan fingerprint density at radius 2 is 1.54 bits per heavy atom. The molecule has 0 unspecified atom stereocenters. The molecular formula is C17H13FN2O3S. The maximum Gasteiger partial charge on any atom is 0.264 e. The Kier molecular flexibility index (Phi) is 4.02. The van der Waals surface area contributed by atoms with E-state index in [9.17, 15) is 17.6 Å². The molecule has 0 saturated carbocycles. The van der Waals surface area contributed by atoms with Crippen LogP contribution in [0.3, 0.4) is 0 Å². The molecule has 1 aromatic heterocycles. The quantitative estimate of drug-likeness (QED) is 0.792. The van der Waals surface area contributed by atoms with Crippen LogP contribution in [-0.2, 0) is 9.84 Å². The van der Waals surface area contributed by atoms with Crippen molar-refractivity contribution >= 4 is 9.84 Å². The van der Waals surface area contributed by atoms with Gasteiger partial charge in [-0.25, -0.2) is 17.9 Å². The third kappa shape index (κ3) is 3.26. The Balaban J connectivity index is 2.15. The Hall–Kier alpha value is -2.80. The maximum absolute atomic E-state index is 13.1. The summed E-state index contributed by atoms with van der Waals surface area (Å²) in [5, 5.41) is 6.41. The van der Waals surface area contributed by atoms with E-state index in [1.165, 1.54) is 30.3 Å². The summed E-state index contributed by atoms with van der Waals surface area (Å²) in [5.74, 6) is -0.373. The van der Waals surface area contributed by atoms with Crippen molar-refractivity contribution in [3.05, 3.63) is 70.8 Å². The van der Waals surface area contributed by atoms with Crippen LogP contribution in [0.4, 0.5) is 4.39 Å². The number of H-pyrrole nitrogens is 1. The zero-order valence-corrected chi connectivity index (χ0v) is 13.5. The fourth-order valence-corrected chi connectivity index (χ4v) is 2.96. The molecule has 7 heteroatoms. The van der Waals surface area contributed by atoms with Crippen LogP contribution in [0.5, 0.6) is 0 Å². The number of nitrogens with one attached hydrogen (secondary N) is 1. The standard InChI is InChI=1S/C17H13FN2O3S/c1-24(22,23)14-8-4-11(5-9-14)15-10-16(21)19-20-17(15)12-2-6-13(18)7-3-12/h2-10H,1H3,(H,19,21). The average Bonchev–Trinajstić information content (AvgIpc) is 2.55. The second kappa shape index (κ2) is 6.01. The van der Waals surface area contributed by atoms with Gasteiger partial charge in [0.1, 0.15) is 5.82 Å². The molecule has 122 valence electrons. The van der Waals surface area contributed by atoms with Crippen LogP contribution in [0.25, 0.3) is 22.4 Å². The van der Waals surface area contributed by atoms with E-state index in [2.05, 4.69) is 10.2 Å². The summed E-state index contributed by atoms with van der Waals surface area (Å²) in [4.78, 5) is 11.8. The zero-order chi connectivity index (χ0) is 17.3. The topological polar surface area (TPSA) is 79.9 Å². The van der Waals surface area contributed by atoms with Crippen LogP contribution in [0, 0.1) is 5.82 Å². The molecule has 0 saturated heterocycles. The van der Waals surface area contributed by atoms with Crippen LogP contribution in [-0.4, -0.2) is 24.9 Å². The van der Waals surface area contributed by atoms with Gasteiger partial charge in [-0.2, -0.15) is 5.10 Å². The lowest BCUT2D eigenvalue weighted by Crippen LogP contribution is -2.08. The van der Waals surface area contributed by atoms with Gasteiger partial charge in [0.15, 0.2) is 9.84 Å². The number of sulfone groups is 1. The van der Waals surface area contributed by atoms with E-state index < -0.39 is 9.84 Å². The molecule has 0 aliphatic heterocycles. The number of hydrogen-bond donors (Lipinski definition) is 1. The van der Waals surface area contributed by atoms with E-state index in [1.807, 2.05) is 0 Å². The summed E-state index contributed by atoms with van der Waals surface area (Å²) < 4.78 is 36.2. The Morgan fingerprint density at radius 1 is 0.958 bits per heavy atom. The van der Waals surface area contributed by atoms with E-state index >= 15 is 0 Å². The third-order valence-corrected chi connectivity index (χ3v) is 4.65. The van der Waals surface area contributed by atoms with Crippen molar-refractivity contribution < 1.29 is 12.8 Å². The predicted molar refractivity (Wildman–Crippen MR) is 88.8 cm³/mol. The maximum atomic E-state index is 13.1. The average molecular weight is 344 g/mol. The van der Waals surface area contributed by atoms with Crippen molar-refractivity contribution in [3.8, 4) is 22.4 Å². The molecule has 0 spiro atoms. The van der Waals surface area contributed by atoms with Gasteiger partial charge >= 0.3 is 0 Å². The SMILES string of the molecule is CS(=O)(=O)c1ccc(-c2cc(=O)[nH]nc2-c2ccc(F)cc2)cc1. The molecule has 0 radical (unpaired) electrons. The molecule has 0 aliphatic rings. The van der Waals surface area contributed by atoms with Crippen molar-refractivity contribution in [2.24, 2.45) is 0 Å². The molecule has 24 heavy (non-hydrogen) atoms. The molecule has 0 amide bonds. The highest BCUT2D eigenvalue weighted by molar-refractivity contribution is 7.90. The van der Waals surface area contributed by atoms with Crippen LogP contribution < -0.4 is 5.56 Å². The van der Waals surface area contributed by atoms with E-state index in [1.54, 1.807) is 24.3 Å². The fraction of sp³-hybridized carbons (Fsp3) is 0.0588. The van der Waals surface area contributed by atoms with Gasteiger partial charge in [0.2, 0.25) is 0 Å². The van der Waals surface area contributed by atoms with Crippen molar-refractivity contribution in [2.45, 2.75) is 4.90 Å². The summed E-state index contributed by atoms with van der Waals surface area (Å²) in [6.07, 6.45) is 1.13. The molecule has 2 aromatic carbocycles. The first kappa shape index (κ1) is 16.1. The number of aromatic nitrogens is 2. The van der Waals surface area contributed by atoms with Crippen LogP contribution >= 0.6 is 0 Å². The first-order chi connectivity index (χ1) is 11.3. The van der Waals surface area contributed by atoms with Gasteiger partial charge in [-0.15, -0.1) is 0 Å². The summed E-state index contributed by atoms with van der Waals surface area (Å²) >= 11 is 0. The Labute approximate surface area is 137 Å². The molecule has 0 aliphatic carbocycles. The highest BCUT2D eigenvalue weighted by atomic mass is 32.2. The number of benzene rings is 2. The lowest BCUT2D eigenvalue weighted by atomic mass is 10.0. The molecule has 3 rings (SSSR count). The van der Waals surface area contributed by atoms with Gasteiger partial charge < -0.3 is 0 Å². The fourth-order valence-electron chi connectivity index (χ4n) is 2.33. The summed E-state index contributed by atoms with van der Waals surface area (Å²) in [7, 11) is -3.30. The predicted octanol–water partition coefficient (Wildman–Crippen LogP) is 2.65.